The van der Waals surface area contributed by atoms with E-state index in [0.717, 1.165) is 23.5 Å². The highest BCUT2D eigenvalue weighted by Gasteiger charge is 2.34. The van der Waals surface area contributed by atoms with E-state index in [1.165, 1.54) is 4.57 Å². The molecule has 1 N–H and O–H groups in total. The molecule has 1 aliphatic rings. The van der Waals surface area contributed by atoms with Crippen LogP contribution in [0, 0.1) is 6.92 Å². The molecule has 1 atom stereocenters. The minimum atomic E-state index is -0.484. The predicted octanol–water partition coefficient (Wildman–Crippen LogP) is 1.12. The first-order chi connectivity index (χ1) is 11.6. The molecule has 3 heterocycles. The van der Waals surface area contributed by atoms with Crippen LogP contribution in [0.25, 0.3) is 0 Å². The fourth-order valence-electron chi connectivity index (χ4n) is 2.87. The van der Waals surface area contributed by atoms with E-state index >= 15 is 0 Å². The Hall–Kier alpha value is -2.35. The van der Waals surface area contributed by atoms with Crippen molar-refractivity contribution in [3.8, 4) is 0 Å². The van der Waals surface area contributed by atoms with Gasteiger partial charge in [-0.15, -0.1) is 0 Å². The van der Waals surface area contributed by atoms with E-state index in [4.69, 9.17) is 4.42 Å². The van der Waals surface area contributed by atoms with Gasteiger partial charge in [-0.1, -0.05) is 11.3 Å². The summed E-state index contributed by atoms with van der Waals surface area (Å²) in [6.45, 7) is 2.61. The van der Waals surface area contributed by atoms with Crippen LogP contribution < -0.4 is 10.2 Å². The van der Waals surface area contributed by atoms with E-state index in [2.05, 4.69) is 5.32 Å². The van der Waals surface area contributed by atoms with Crippen molar-refractivity contribution < 1.29 is 14.0 Å². The normalized spacial score (nSPS) is 17.2. The molecular formula is C16H19N3O4S. The number of hydrogen-bond donors (Lipinski definition) is 1. The third-order valence-electron chi connectivity index (χ3n) is 4.16. The van der Waals surface area contributed by atoms with E-state index in [-0.39, 0.29) is 23.2 Å². The molecule has 1 aliphatic heterocycles. The van der Waals surface area contributed by atoms with Crippen molar-refractivity contribution in [2.75, 3.05) is 6.54 Å². The lowest BCUT2D eigenvalue weighted by molar-refractivity contribution is -0.139. The lowest BCUT2D eigenvalue weighted by Gasteiger charge is -2.24. The maximum atomic E-state index is 12.5. The molecule has 1 saturated heterocycles. The minimum absolute atomic E-state index is 0.0177. The Morgan fingerprint density at radius 2 is 2.29 bits per heavy atom. The molecule has 1 unspecified atom stereocenters. The van der Waals surface area contributed by atoms with Gasteiger partial charge in [-0.2, -0.15) is 0 Å². The zero-order valence-electron chi connectivity index (χ0n) is 13.4. The van der Waals surface area contributed by atoms with Crippen molar-refractivity contribution in [3.05, 3.63) is 44.9 Å². The SMILES string of the molecule is Cc1csc(=O)n1CC(=O)N1CCCC1C(=O)NCc1ccco1. The number of amides is 2. The quantitative estimate of drug-likeness (QED) is 0.877. The Labute approximate surface area is 142 Å². The summed E-state index contributed by atoms with van der Waals surface area (Å²) in [5, 5.41) is 4.53. The number of aryl methyl sites for hydroxylation is 1. The number of likely N-dealkylation sites (tertiary alicyclic amines) is 1. The average Bonchev–Trinajstić information content (AvgIpc) is 3.30. The number of aromatic nitrogens is 1. The van der Waals surface area contributed by atoms with Gasteiger partial charge in [-0.3, -0.25) is 19.0 Å². The Morgan fingerprint density at radius 3 is 2.96 bits per heavy atom. The average molecular weight is 349 g/mol. The number of nitrogens with one attached hydrogen (secondary N) is 1. The van der Waals surface area contributed by atoms with Crippen LogP contribution in [0.1, 0.15) is 24.3 Å². The van der Waals surface area contributed by atoms with Crippen molar-refractivity contribution in [2.24, 2.45) is 0 Å². The summed E-state index contributed by atoms with van der Waals surface area (Å²) in [6.07, 6.45) is 2.96. The molecule has 7 nitrogen and oxygen atoms in total. The van der Waals surface area contributed by atoms with Crippen LogP contribution >= 0.6 is 11.3 Å². The van der Waals surface area contributed by atoms with Crippen LogP contribution in [0.5, 0.6) is 0 Å². The lowest BCUT2D eigenvalue weighted by Crippen LogP contribution is -2.47. The largest absolute Gasteiger partial charge is 0.467 e. The fourth-order valence-corrected chi connectivity index (χ4v) is 3.60. The maximum absolute atomic E-state index is 12.5. The Bertz CT molecular complexity index is 778. The first-order valence-corrected chi connectivity index (χ1v) is 8.68. The summed E-state index contributed by atoms with van der Waals surface area (Å²) in [7, 11) is 0. The number of furan rings is 1. The van der Waals surface area contributed by atoms with E-state index in [9.17, 15) is 14.4 Å². The molecular weight excluding hydrogens is 330 g/mol. The number of carbonyl (C=O) groups is 2. The smallest absolute Gasteiger partial charge is 0.307 e. The highest BCUT2D eigenvalue weighted by atomic mass is 32.1. The lowest BCUT2D eigenvalue weighted by atomic mass is 10.2. The second-order valence-corrected chi connectivity index (χ2v) is 6.59. The fraction of sp³-hybridized carbons (Fsp3) is 0.438. The molecule has 1 fully saturated rings. The highest BCUT2D eigenvalue weighted by molar-refractivity contribution is 7.07. The zero-order chi connectivity index (χ0) is 17.1. The molecule has 0 aromatic carbocycles. The van der Waals surface area contributed by atoms with Crippen LogP contribution in [0.3, 0.4) is 0 Å². The molecule has 2 aromatic heterocycles. The molecule has 24 heavy (non-hydrogen) atoms. The third-order valence-corrected chi connectivity index (χ3v) is 5.04. The van der Waals surface area contributed by atoms with Crippen LogP contribution in [-0.2, 0) is 22.7 Å². The monoisotopic (exact) mass is 349 g/mol. The van der Waals surface area contributed by atoms with Gasteiger partial charge in [-0.05, 0) is 31.9 Å². The number of carbonyl (C=O) groups excluding carboxylic acids is 2. The van der Waals surface area contributed by atoms with Crippen LogP contribution in [0.15, 0.2) is 33.0 Å². The van der Waals surface area contributed by atoms with Gasteiger partial charge in [0.1, 0.15) is 18.3 Å². The number of thiazole rings is 1. The molecule has 128 valence electrons. The van der Waals surface area contributed by atoms with Crippen molar-refractivity contribution in [1.29, 1.82) is 0 Å². The Kier molecular flexibility index (Phi) is 4.84. The molecule has 0 radical (unpaired) electrons. The summed E-state index contributed by atoms with van der Waals surface area (Å²) in [5.41, 5.74) is 0.761. The molecule has 0 aliphatic carbocycles. The molecule has 0 spiro atoms. The second kappa shape index (κ2) is 7.04. The summed E-state index contributed by atoms with van der Waals surface area (Å²) >= 11 is 1.08. The summed E-state index contributed by atoms with van der Waals surface area (Å²) < 4.78 is 6.63. The molecule has 2 amide bonds. The second-order valence-electron chi connectivity index (χ2n) is 5.77. The van der Waals surface area contributed by atoms with Gasteiger partial charge < -0.3 is 14.6 Å². The van der Waals surface area contributed by atoms with Gasteiger partial charge >= 0.3 is 4.87 Å². The Balaban J connectivity index is 1.63. The topological polar surface area (TPSA) is 84.5 Å². The van der Waals surface area contributed by atoms with Crippen molar-refractivity contribution >= 4 is 23.2 Å². The number of rotatable bonds is 5. The van der Waals surface area contributed by atoms with Gasteiger partial charge in [-0.25, -0.2) is 0 Å². The van der Waals surface area contributed by atoms with Gasteiger partial charge in [0.25, 0.3) is 0 Å². The molecule has 0 bridgehead atoms. The molecule has 8 heteroatoms. The van der Waals surface area contributed by atoms with Gasteiger partial charge in [0.2, 0.25) is 11.8 Å². The standard InChI is InChI=1S/C16H19N3O4S/c1-11-10-24-16(22)19(11)9-14(20)18-6-2-5-13(18)15(21)17-8-12-4-3-7-23-12/h3-4,7,10,13H,2,5-6,8-9H2,1H3,(H,17,21). The Morgan fingerprint density at radius 1 is 1.46 bits per heavy atom. The summed E-state index contributed by atoms with van der Waals surface area (Å²) in [5.74, 6) is 0.278. The van der Waals surface area contributed by atoms with Gasteiger partial charge in [0.05, 0.1) is 12.8 Å². The van der Waals surface area contributed by atoms with E-state index in [1.54, 1.807) is 35.6 Å². The molecule has 3 rings (SSSR count). The summed E-state index contributed by atoms with van der Waals surface area (Å²) in [4.78, 5) is 38.1. The van der Waals surface area contributed by atoms with Crippen LogP contribution in [0.4, 0.5) is 0 Å². The zero-order valence-corrected chi connectivity index (χ0v) is 14.2. The summed E-state index contributed by atoms with van der Waals surface area (Å²) in [6, 6.07) is 3.05. The molecule has 0 saturated carbocycles. The highest BCUT2D eigenvalue weighted by Crippen LogP contribution is 2.18. The van der Waals surface area contributed by atoms with E-state index in [1.807, 2.05) is 0 Å². The van der Waals surface area contributed by atoms with Gasteiger partial charge in [0, 0.05) is 17.6 Å². The van der Waals surface area contributed by atoms with Crippen molar-refractivity contribution in [1.82, 2.24) is 14.8 Å². The van der Waals surface area contributed by atoms with Gasteiger partial charge in [0.15, 0.2) is 0 Å². The molecule has 2 aromatic rings. The van der Waals surface area contributed by atoms with Crippen LogP contribution in [0.2, 0.25) is 0 Å². The third kappa shape index (κ3) is 3.43. The van der Waals surface area contributed by atoms with E-state index < -0.39 is 6.04 Å². The van der Waals surface area contributed by atoms with E-state index in [0.29, 0.717) is 25.3 Å². The number of hydrogen-bond acceptors (Lipinski definition) is 5. The van der Waals surface area contributed by atoms with Crippen LogP contribution in [-0.4, -0.2) is 33.9 Å². The maximum Gasteiger partial charge on any atom is 0.307 e. The predicted molar refractivity (Wildman–Crippen MR) is 88.6 cm³/mol. The first kappa shape index (κ1) is 16.5. The van der Waals surface area contributed by atoms with Crippen molar-refractivity contribution in [2.45, 2.75) is 38.9 Å². The number of nitrogens with zero attached hydrogens (tertiary/aromatic N) is 2. The minimum Gasteiger partial charge on any atom is -0.467 e. The first-order valence-electron chi connectivity index (χ1n) is 7.81. The van der Waals surface area contributed by atoms with Crippen molar-refractivity contribution in [3.63, 3.8) is 0 Å².